The van der Waals surface area contributed by atoms with Gasteiger partial charge in [-0.3, -0.25) is 9.10 Å². The van der Waals surface area contributed by atoms with Crippen molar-refractivity contribution in [2.45, 2.75) is 19.6 Å². The topological polar surface area (TPSA) is 78.8 Å². The van der Waals surface area contributed by atoms with E-state index in [9.17, 15) is 26.4 Å². The van der Waals surface area contributed by atoms with E-state index in [1.54, 1.807) is 0 Å². The Morgan fingerprint density at radius 3 is 2.24 bits per heavy atom. The number of hydrogen-bond donors (Lipinski definition) is 1. The average molecular weight is 490 g/mol. The Bertz CT molecular complexity index is 1300. The highest BCUT2D eigenvalue weighted by Gasteiger charge is 2.32. The second-order valence-electron chi connectivity index (χ2n) is 7.53. The minimum Gasteiger partial charge on any atom is -0.267 e. The van der Waals surface area contributed by atoms with Crippen molar-refractivity contribution in [1.29, 1.82) is 0 Å². The van der Waals surface area contributed by atoms with Gasteiger partial charge >= 0.3 is 6.18 Å². The molecule has 0 spiro atoms. The number of nitrogens with zero attached hydrogens (tertiary/aromatic N) is 2. The van der Waals surface area contributed by atoms with Gasteiger partial charge in [-0.05, 0) is 48.4 Å². The van der Waals surface area contributed by atoms with Crippen LogP contribution in [-0.4, -0.2) is 26.8 Å². The van der Waals surface area contributed by atoms with Gasteiger partial charge in [0, 0.05) is 11.1 Å². The summed E-state index contributed by atoms with van der Waals surface area (Å²) in [7, 11) is -3.61. The predicted octanol–water partition coefficient (Wildman–Crippen LogP) is 4.74. The molecule has 0 aromatic heterocycles. The molecule has 0 aliphatic rings. The first-order valence-electron chi connectivity index (χ1n) is 10.1. The molecule has 6 nitrogen and oxygen atoms in total. The quantitative estimate of drug-likeness (QED) is 0.385. The number of carbonyl (C=O) groups is 1. The number of alkyl halides is 3. The van der Waals surface area contributed by atoms with Crippen LogP contribution in [0.15, 0.2) is 77.9 Å². The minimum absolute atomic E-state index is 0.125. The summed E-state index contributed by atoms with van der Waals surface area (Å²) in [5, 5.41) is 3.62. The van der Waals surface area contributed by atoms with Crippen molar-refractivity contribution in [3.8, 4) is 0 Å². The molecule has 0 aliphatic heterocycles. The molecular formula is C24H22F3N3O3S. The Kier molecular flexibility index (Phi) is 7.41. The Balaban J connectivity index is 1.75. The van der Waals surface area contributed by atoms with Crippen LogP contribution in [0.4, 0.5) is 18.9 Å². The molecule has 3 aromatic carbocycles. The molecule has 0 saturated heterocycles. The lowest BCUT2D eigenvalue weighted by Crippen LogP contribution is -2.29. The Labute approximate surface area is 195 Å². The summed E-state index contributed by atoms with van der Waals surface area (Å²) in [6, 6.07) is 18.1. The van der Waals surface area contributed by atoms with Crippen molar-refractivity contribution in [3.05, 3.63) is 101 Å². The number of rotatable bonds is 7. The van der Waals surface area contributed by atoms with E-state index in [-0.39, 0.29) is 17.7 Å². The Hall–Kier alpha value is -3.66. The van der Waals surface area contributed by atoms with Crippen molar-refractivity contribution in [1.82, 2.24) is 5.43 Å². The van der Waals surface area contributed by atoms with Gasteiger partial charge < -0.3 is 0 Å². The van der Waals surface area contributed by atoms with E-state index >= 15 is 0 Å². The van der Waals surface area contributed by atoms with Crippen molar-refractivity contribution < 1.29 is 26.4 Å². The van der Waals surface area contributed by atoms with Crippen LogP contribution in [0.2, 0.25) is 0 Å². The maximum atomic E-state index is 13.0. The molecule has 0 radical (unpaired) electrons. The lowest BCUT2D eigenvalue weighted by molar-refractivity contribution is -0.137. The Morgan fingerprint density at radius 1 is 1.00 bits per heavy atom. The van der Waals surface area contributed by atoms with Gasteiger partial charge in [-0.2, -0.15) is 18.3 Å². The first kappa shape index (κ1) is 25.0. The number of nitrogens with one attached hydrogen (secondary N) is 1. The van der Waals surface area contributed by atoms with Gasteiger partial charge in [-0.15, -0.1) is 0 Å². The fourth-order valence-electron chi connectivity index (χ4n) is 3.21. The zero-order valence-corrected chi connectivity index (χ0v) is 19.2. The van der Waals surface area contributed by atoms with Gasteiger partial charge in [-0.1, -0.05) is 42.5 Å². The minimum atomic E-state index is -4.55. The number of benzene rings is 3. The van der Waals surface area contributed by atoms with E-state index in [4.69, 9.17) is 0 Å². The van der Waals surface area contributed by atoms with Crippen LogP contribution >= 0.6 is 0 Å². The van der Waals surface area contributed by atoms with Crippen LogP contribution in [0.25, 0.3) is 0 Å². The van der Waals surface area contributed by atoms with Crippen LogP contribution in [0.3, 0.4) is 0 Å². The molecule has 0 saturated carbocycles. The SMILES string of the molecule is Cc1ccccc1CN(c1ccc(C(=O)N/N=C\c2ccccc2C(F)(F)F)cc1)S(C)(=O)=O. The molecule has 3 aromatic rings. The second-order valence-corrected chi connectivity index (χ2v) is 9.43. The molecule has 3 rings (SSSR count). The monoisotopic (exact) mass is 489 g/mol. The molecule has 0 atom stereocenters. The number of anilines is 1. The van der Waals surface area contributed by atoms with Crippen molar-refractivity contribution in [2.75, 3.05) is 10.6 Å². The number of amides is 1. The van der Waals surface area contributed by atoms with Crippen LogP contribution in [0.1, 0.15) is 32.6 Å². The van der Waals surface area contributed by atoms with Crippen LogP contribution < -0.4 is 9.73 Å². The molecule has 34 heavy (non-hydrogen) atoms. The largest absolute Gasteiger partial charge is 0.417 e. The maximum Gasteiger partial charge on any atom is 0.417 e. The number of carbonyl (C=O) groups excluding carboxylic acids is 1. The third-order valence-corrected chi connectivity index (χ3v) is 6.17. The third-order valence-electron chi connectivity index (χ3n) is 5.03. The van der Waals surface area contributed by atoms with Gasteiger partial charge in [0.05, 0.1) is 30.3 Å². The molecule has 1 amide bonds. The summed E-state index contributed by atoms with van der Waals surface area (Å²) in [6.45, 7) is 2.01. The van der Waals surface area contributed by atoms with E-state index in [2.05, 4.69) is 10.5 Å². The number of hydrogen-bond acceptors (Lipinski definition) is 4. The summed E-state index contributed by atoms with van der Waals surface area (Å²) < 4.78 is 65.2. The maximum absolute atomic E-state index is 13.0. The highest BCUT2D eigenvalue weighted by Crippen LogP contribution is 2.31. The molecular weight excluding hydrogens is 467 g/mol. The third kappa shape index (κ3) is 6.22. The molecule has 178 valence electrons. The molecule has 0 fully saturated rings. The number of halogens is 3. The Morgan fingerprint density at radius 2 is 1.62 bits per heavy atom. The molecule has 0 bridgehead atoms. The molecule has 1 N–H and O–H groups in total. The van der Waals surface area contributed by atoms with E-state index in [1.807, 2.05) is 31.2 Å². The van der Waals surface area contributed by atoms with E-state index in [1.165, 1.54) is 46.8 Å². The fraction of sp³-hybridized carbons (Fsp3) is 0.167. The smallest absolute Gasteiger partial charge is 0.267 e. The van der Waals surface area contributed by atoms with Gasteiger partial charge in [0.25, 0.3) is 5.91 Å². The number of sulfonamides is 1. The first-order chi connectivity index (χ1) is 16.0. The summed E-state index contributed by atoms with van der Waals surface area (Å²) >= 11 is 0. The zero-order valence-electron chi connectivity index (χ0n) is 18.4. The van der Waals surface area contributed by atoms with E-state index in [0.29, 0.717) is 5.69 Å². The van der Waals surface area contributed by atoms with Crippen LogP contribution in [0, 0.1) is 6.92 Å². The van der Waals surface area contributed by atoms with Gasteiger partial charge in [0.15, 0.2) is 0 Å². The number of aryl methyl sites for hydroxylation is 1. The van der Waals surface area contributed by atoms with Gasteiger partial charge in [0.1, 0.15) is 0 Å². The fourth-order valence-corrected chi connectivity index (χ4v) is 4.09. The van der Waals surface area contributed by atoms with E-state index in [0.717, 1.165) is 29.7 Å². The summed E-state index contributed by atoms with van der Waals surface area (Å²) in [5.74, 6) is -0.655. The number of hydrazone groups is 1. The first-order valence-corrected chi connectivity index (χ1v) is 11.9. The van der Waals surface area contributed by atoms with E-state index < -0.39 is 27.7 Å². The van der Waals surface area contributed by atoms with Crippen molar-refractivity contribution in [2.24, 2.45) is 5.10 Å². The lowest BCUT2D eigenvalue weighted by atomic mass is 10.1. The highest BCUT2D eigenvalue weighted by atomic mass is 32.2. The van der Waals surface area contributed by atoms with Gasteiger partial charge in [0.2, 0.25) is 10.0 Å². The zero-order chi connectivity index (χ0) is 24.9. The van der Waals surface area contributed by atoms with Crippen LogP contribution in [0.5, 0.6) is 0 Å². The second kappa shape index (κ2) is 10.1. The standard InChI is InChI=1S/C24H22F3N3O3S/c1-17-7-3-4-9-20(17)16-30(34(2,32)33)21-13-11-18(12-14-21)23(31)29-28-15-19-8-5-6-10-22(19)24(25,26)27/h3-15H,16H2,1-2H3,(H,29,31)/b28-15-. The molecule has 0 unspecified atom stereocenters. The van der Waals surface area contributed by atoms with Gasteiger partial charge in [-0.25, -0.2) is 13.8 Å². The van der Waals surface area contributed by atoms with Crippen LogP contribution in [-0.2, 0) is 22.7 Å². The normalized spacial score (nSPS) is 12.0. The van der Waals surface area contributed by atoms with Crippen molar-refractivity contribution in [3.63, 3.8) is 0 Å². The lowest BCUT2D eigenvalue weighted by Gasteiger charge is -2.23. The highest BCUT2D eigenvalue weighted by molar-refractivity contribution is 7.92. The summed E-state index contributed by atoms with van der Waals surface area (Å²) in [4.78, 5) is 12.4. The predicted molar refractivity (Wildman–Crippen MR) is 125 cm³/mol. The molecule has 0 aliphatic carbocycles. The summed E-state index contributed by atoms with van der Waals surface area (Å²) in [6.07, 6.45) is -2.53. The average Bonchev–Trinajstić information content (AvgIpc) is 2.77. The molecule has 0 heterocycles. The molecule has 10 heteroatoms. The summed E-state index contributed by atoms with van der Waals surface area (Å²) in [5.41, 5.74) is 3.43. The van der Waals surface area contributed by atoms with Crippen molar-refractivity contribution >= 4 is 27.8 Å².